The number of methoxy groups -OCH3 is 1. The van der Waals surface area contributed by atoms with Gasteiger partial charge in [0.25, 0.3) is 0 Å². The van der Waals surface area contributed by atoms with Crippen LogP contribution in [0, 0.1) is 5.92 Å². The summed E-state index contributed by atoms with van der Waals surface area (Å²) in [5.41, 5.74) is 7.31. The first-order valence-electron chi connectivity index (χ1n) is 6.32. The molecule has 2 N–H and O–H groups in total. The van der Waals surface area contributed by atoms with Crippen LogP contribution < -0.4 is 5.73 Å². The standard InChI is InChI=1S/C15H20N2O/c1-11(8-10-18-2)14(16)15-13-6-4-3-5-12(13)7-9-17-15/h3-7,9,11,14H,8,10,16H2,1-2H3. The lowest BCUT2D eigenvalue weighted by Gasteiger charge is -2.20. The summed E-state index contributed by atoms with van der Waals surface area (Å²) in [7, 11) is 1.72. The number of benzene rings is 1. The molecule has 18 heavy (non-hydrogen) atoms. The van der Waals surface area contributed by atoms with Gasteiger partial charge in [-0.1, -0.05) is 31.2 Å². The normalized spacial score (nSPS) is 14.6. The summed E-state index contributed by atoms with van der Waals surface area (Å²) in [5, 5.41) is 2.34. The quantitative estimate of drug-likeness (QED) is 0.879. The van der Waals surface area contributed by atoms with Gasteiger partial charge in [0.05, 0.1) is 11.7 Å². The van der Waals surface area contributed by atoms with Crippen LogP contribution in [0.2, 0.25) is 0 Å². The van der Waals surface area contributed by atoms with Gasteiger partial charge in [-0.05, 0) is 23.8 Å². The van der Waals surface area contributed by atoms with Crippen LogP contribution in [0.5, 0.6) is 0 Å². The molecule has 1 heterocycles. The molecule has 0 amide bonds. The van der Waals surface area contributed by atoms with Crippen molar-refractivity contribution in [2.75, 3.05) is 13.7 Å². The number of nitrogens with zero attached hydrogens (tertiary/aromatic N) is 1. The third-order valence-corrected chi connectivity index (χ3v) is 3.41. The Hall–Kier alpha value is -1.45. The Kier molecular flexibility index (Phi) is 4.28. The van der Waals surface area contributed by atoms with Gasteiger partial charge >= 0.3 is 0 Å². The van der Waals surface area contributed by atoms with Gasteiger partial charge in [-0.2, -0.15) is 0 Å². The first-order valence-corrected chi connectivity index (χ1v) is 6.32. The average Bonchev–Trinajstić information content (AvgIpc) is 2.43. The Morgan fingerprint density at radius 1 is 1.28 bits per heavy atom. The minimum absolute atomic E-state index is 0.0498. The largest absolute Gasteiger partial charge is 0.385 e. The molecule has 3 heteroatoms. The van der Waals surface area contributed by atoms with E-state index >= 15 is 0 Å². The smallest absolute Gasteiger partial charge is 0.0651 e. The SMILES string of the molecule is COCCC(C)C(N)c1nccc2ccccc12. The predicted molar refractivity (Wildman–Crippen MR) is 74.3 cm³/mol. The van der Waals surface area contributed by atoms with Crippen LogP contribution in [-0.2, 0) is 4.74 Å². The number of aromatic nitrogens is 1. The molecule has 0 aliphatic rings. The Bertz CT molecular complexity index is 507. The molecule has 1 aromatic heterocycles. The Labute approximate surface area is 108 Å². The number of pyridine rings is 1. The highest BCUT2D eigenvalue weighted by Crippen LogP contribution is 2.26. The Morgan fingerprint density at radius 3 is 2.83 bits per heavy atom. The third-order valence-electron chi connectivity index (χ3n) is 3.41. The first-order chi connectivity index (χ1) is 8.74. The summed E-state index contributed by atoms with van der Waals surface area (Å²) in [6.45, 7) is 2.88. The van der Waals surface area contributed by atoms with E-state index in [4.69, 9.17) is 10.5 Å². The van der Waals surface area contributed by atoms with Gasteiger partial charge in [-0.15, -0.1) is 0 Å². The minimum atomic E-state index is -0.0498. The molecule has 2 atom stereocenters. The molecule has 0 fully saturated rings. The van der Waals surface area contributed by atoms with E-state index in [0.717, 1.165) is 24.1 Å². The zero-order valence-electron chi connectivity index (χ0n) is 11.0. The second-order valence-electron chi connectivity index (χ2n) is 4.70. The van der Waals surface area contributed by atoms with Crippen LogP contribution in [-0.4, -0.2) is 18.7 Å². The number of rotatable bonds is 5. The van der Waals surface area contributed by atoms with E-state index in [-0.39, 0.29) is 6.04 Å². The highest BCUT2D eigenvalue weighted by Gasteiger charge is 2.18. The van der Waals surface area contributed by atoms with Gasteiger partial charge in [0.15, 0.2) is 0 Å². The van der Waals surface area contributed by atoms with Crippen LogP contribution in [0.1, 0.15) is 25.1 Å². The molecular weight excluding hydrogens is 224 g/mol. The van der Waals surface area contributed by atoms with E-state index in [0.29, 0.717) is 5.92 Å². The van der Waals surface area contributed by atoms with E-state index in [2.05, 4.69) is 24.0 Å². The summed E-state index contributed by atoms with van der Waals surface area (Å²) >= 11 is 0. The number of nitrogens with two attached hydrogens (primary N) is 1. The zero-order valence-corrected chi connectivity index (χ0v) is 11.0. The molecule has 0 spiro atoms. The van der Waals surface area contributed by atoms with E-state index in [1.165, 1.54) is 5.39 Å². The van der Waals surface area contributed by atoms with Crippen molar-refractivity contribution in [1.82, 2.24) is 4.98 Å². The molecule has 0 radical (unpaired) electrons. The fraction of sp³-hybridized carbons (Fsp3) is 0.400. The molecule has 0 bridgehead atoms. The second-order valence-corrected chi connectivity index (χ2v) is 4.70. The van der Waals surface area contributed by atoms with Gasteiger partial charge in [-0.3, -0.25) is 4.98 Å². The first kappa shape index (κ1) is 13.0. The number of hydrogen-bond acceptors (Lipinski definition) is 3. The van der Waals surface area contributed by atoms with Crippen molar-refractivity contribution < 1.29 is 4.74 Å². The molecule has 2 rings (SSSR count). The van der Waals surface area contributed by atoms with E-state index < -0.39 is 0 Å². The Morgan fingerprint density at radius 2 is 2.06 bits per heavy atom. The highest BCUT2D eigenvalue weighted by molar-refractivity contribution is 5.84. The molecule has 3 nitrogen and oxygen atoms in total. The van der Waals surface area contributed by atoms with Gasteiger partial charge in [0.1, 0.15) is 0 Å². The lowest BCUT2D eigenvalue weighted by molar-refractivity contribution is 0.174. The maximum absolute atomic E-state index is 6.33. The molecule has 0 aliphatic carbocycles. The Balaban J connectivity index is 2.29. The molecular formula is C15H20N2O. The van der Waals surface area contributed by atoms with Crippen molar-refractivity contribution in [2.24, 2.45) is 11.7 Å². The lowest BCUT2D eigenvalue weighted by atomic mass is 9.93. The summed E-state index contributed by atoms with van der Waals surface area (Å²) in [4.78, 5) is 4.47. The molecule has 1 aromatic carbocycles. The van der Waals surface area contributed by atoms with Crippen molar-refractivity contribution in [3.8, 4) is 0 Å². The summed E-state index contributed by atoms with van der Waals surface area (Å²) in [6.07, 6.45) is 2.78. The van der Waals surface area contributed by atoms with Crippen LogP contribution in [0.25, 0.3) is 10.8 Å². The summed E-state index contributed by atoms with van der Waals surface area (Å²) in [5.74, 6) is 0.350. The molecule has 0 aliphatic heterocycles. The summed E-state index contributed by atoms with van der Waals surface area (Å²) < 4.78 is 5.11. The number of hydrogen-bond donors (Lipinski definition) is 1. The average molecular weight is 244 g/mol. The topological polar surface area (TPSA) is 48.1 Å². The zero-order chi connectivity index (χ0) is 13.0. The van der Waals surface area contributed by atoms with Gasteiger partial charge in [0.2, 0.25) is 0 Å². The van der Waals surface area contributed by atoms with Crippen LogP contribution in [0.3, 0.4) is 0 Å². The van der Waals surface area contributed by atoms with Crippen molar-refractivity contribution in [1.29, 1.82) is 0 Å². The van der Waals surface area contributed by atoms with E-state index in [1.807, 2.05) is 24.4 Å². The fourth-order valence-electron chi connectivity index (χ4n) is 2.16. The van der Waals surface area contributed by atoms with Crippen LogP contribution >= 0.6 is 0 Å². The maximum Gasteiger partial charge on any atom is 0.0651 e. The highest BCUT2D eigenvalue weighted by atomic mass is 16.5. The van der Waals surface area contributed by atoms with E-state index in [9.17, 15) is 0 Å². The maximum atomic E-state index is 6.33. The van der Waals surface area contributed by atoms with Gasteiger partial charge < -0.3 is 10.5 Å². The fourth-order valence-corrected chi connectivity index (χ4v) is 2.16. The number of fused-ring (bicyclic) bond motifs is 1. The molecule has 96 valence electrons. The monoisotopic (exact) mass is 244 g/mol. The van der Waals surface area contributed by atoms with Crippen LogP contribution in [0.15, 0.2) is 36.5 Å². The minimum Gasteiger partial charge on any atom is -0.385 e. The van der Waals surface area contributed by atoms with Gasteiger partial charge in [0, 0.05) is 25.3 Å². The van der Waals surface area contributed by atoms with Crippen molar-refractivity contribution in [3.05, 3.63) is 42.2 Å². The summed E-state index contributed by atoms with van der Waals surface area (Å²) in [6, 6.07) is 10.2. The van der Waals surface area contributed by atoms with Crippen molar-refractivity contribution in [2.45, 2.75) is 19.4 Å². The third kappa shape index (κ3) is 2.68. The van der Waals surface area contributed by atoms with Crippen LogP contribution in [0.4, 0.5) is 0 Å². The van der Waals surface area contributed by atoms with Gasteiger partial charge in [-0.25, -0.2) is 0 Å². The molecule has 2 unspecified atom stereocenters. The molecule has 0 saturated carbocycles. The predicted octanol–water partition coefficient (Wildman–Crippen LogP) is 2.91. The van der Waals surface area contributed by atoms with Crippen molar-refractivity contribution in [3.63, 3.8) is 0 Å². The number of ether oxygens (including phenoxy) is 1. The molecule has 0 saturated heterocycles. The lowest BCUT2D eigenvalue weighted by Crippen LogP contribution is -2.21. The van der Waals surface area contributed by atoms with E-state index in [1.54, 1.807) is 7.11 Å². The molecule has 2 aromatic rings. The van der Waals surface area contributed by atoms with Crippen molar-refractivity contribution >= 4 is 10.8 Å². The second kappa shape index (κ2) is 5.94.